The normalized spacial score (nSPS) is 10.2. The average Bonchev–Trinajstić information content (AvgIpc) is 2.82. The van der Waals surface area contributed by atoms with E-state index in [4.69, 9.17) is 4.74 Å². The molecular formula is C24H20N2O6. The van der Waals surface area contributed by atoms with Gasteiger partial charge >= 0.3 is 5.97 Å². The molecule has 32 heavy (non-hydrogen) atoms. The molecule has 0 radical (unpaired) electrons. The van der Waals surface area contributed by atoms with Crippen LogP contribution < -0.4 is 4.90 Å². The number of non-ortho nitro benzene ring substituents is 1. The van der Waals surface area contributed by atoms with Gasteiger partial charge in [-0.1, -0.05) is 36.4 Å². The zero-order valence-electron chi connectivity index (χ0n) is 17.0. The molecule has 8 nitrogen and oxygen atoms in total. The Morgan fingerprint density at radius 1 is 0.781 bits per heavy atom. The number of Topliss-reactive ketones (excluding diaryl/α,β-unsaturated/α-hetero) is 1. The molecule has 0 spiro atoms. The van der Waals surface area contributed by atoms with Gasteiger partial charge in [-0.2, -0.15) is 0 Å². The molecule has 0 aliphatic carbocycles. The molecule has 0 fully saturated rings. The van der Waals surface area contributed by atoms with Gasteiger partial charge in [0.15, 0.2) is 12.4 Å². The first-order valence-electron chi connectivity index (χ1n) is 9.82. The molecule has 0 atom stereocenters. The average molecular weight is 432 g/mol. The largest absolute Gasteiger partial charge is 0.457 e. The van der Waals surface area contributed by atoms with Crippen LogP contribution in [0.3, 0.4) is 0 Å². The predicted molar refractivity (Wildman–Crippen MR) is 118 cm³/mol. The van der Waals surface area contributed by atoms with E-state index in [0.717, 1.165) is 0 Å². The van der Waals surface area contributed by atoms with Crippen LogP contribution in [0.15, 0.2) is 84.9 Å². The predicted octanol–water partition coefficient (Wildman–Crippen LogP) is 4.47. The van der Waals surface area contributed by atoms with Crippen LogP contribution in [0.5, 0.6) is 0 Å². The smallest absolute Gasteiger partial charge is 0.306 e. The van der Waals surface area contributed by atoms with E-state index in [1.54, 1.807) is 24.3 Å². The van der Waals surface area contributed by atoms with Gasteiger partial charge in [0.1, 0.15) is 0 Å². The minimum Gasteiger partial charge on any atom is -0.457 e. The van der Waals surface area contributed by atoms with Gasteiger partial charge in [0, 0.05) is 35.5 Å². The fourth-order valence-corrected chi connectivity index (χ4v) is 2.98. The van der Waals surface area contributed by atoms with Crippen molar-refractivity contribution in [1.29, 1.82) is 0 Å². The number of nitro benzene ring substituents is 1. The Balaban J connectivity index is 1.56. The lowest BCUT2D eigenvalue weighted by Crippen LogP contribution is -2.26. The van der Waals surface area contributed by atoms with Crippen molar-refractivity contribution in [2.45, 2.75) is 12.8 Å². The minimum absolute atomic E-state index is 0.103. The Labute approximate surface area is 184 Å². The second-order valence-corrected chi connectivity index (χ2v) is 6.79. The van der Waals surface area contributed by atoms with E-state index in [0.29, 0.717) is 11.4 Å². The molecule has 0 aliphatic rings. The number of hydrogen-bond donors (Lipinski definition) is 0. The number of ketones is 1. The molecular weight excluding hydrogens is 412 g/mol. The van der Waals surface area contributed by atoms with Crippen LogP contribution >= 0.6 is 0 Å². The summed E-state index contributed by atoms with van der Waals surface area (Å²) in [5.74, 6) is -1.47. The Bertz CT molecular complexity index is 1060. The number of para-hydroxylation sites is 2. The number of nitro groups is 1. The summed E-state index contributed by atoms with van der Waals surface area (Å²) in [6, 6.07) is 23.2. The minimum atomic E-state index is -0.685. The van der Waals surface area contributed by atoms with E-state index in [-0.39, 0.29) is 30.0 Å². The molecule has 0 bridgehead atoms. The first-order chi connectivity index (χ1) is 15.5. The molecule has 0 unspecified atom stereocenters. The second kappa shape index (κ2) is 10.6. The molecule has 0 saturated carbocycles. The third-order valence-electron chi connectivity index (χ3n) is 4.59. The lowest BCUT2D eigenvalue weighted by atomic mass is 10.1. The molecule has 0 saturated heterocycles. The number of nitrogens with zero attached hydrogens (tertiary/aromatic N) is 2. The summed E-state index contributed by atoms with van der Waals surface area (Å²) in [6.45, 7) is -0.508. The van der Waals surface area contributed by atoms with Crippen LogP contribution in [0, 0.1) is 10.1 Å². The van der Waals surface area contributed by atoms with Crippen LogP contribution in [0.2, 0.25) is 0 Å². The molecule has 0 N–H and O–H groups in total. The summed E-state index contributed by atoms with van der Waals surface area (Å²) < 4.78 is 4.98. The van der Waals surface area contributed by atoms with Gasteiger partial charge in [0.05, 0.1) is 11.3 Å². The number of amides is 1. The van der Waals surface area contributed by atoms with Crippen molar-refractivity contribution in [2.24, 2.45) is 0 Å². The van der Waals surface area contributed by atoms with Gasteiger partial charge in [-0.05, 0) is 36.4 Å². The Morgan fingerprint density at radius 2 is 1.31 bits per heavy atom. The highest BCUT2D eigenvalue weighted by atomic mass is 16.6. The fourth-order valence-electron chi connectivity index (χ4n) is 2.98. The fraction of sp³-hybridized carbons (Fsp3) is 0.125. The first kappa shape index (κ1) is 22.4. The van der Waals surface area contributed by atoms with Crippen molar-refractivity contribution >= 4 is 34.7 Å². The molecule has 0 aromatic heterocycles. The summed E-state index contributed by atoms with van der Waals surface area (Å²) in [4.78, 5) is 48.7. The first-order valence-corrected chi connectivity index (χ1v) is 9.82. The van der Waals surface area contributed by atoms with E-state index in [9.17, 15) is 24.5 Å². The van der Waals surface area contributed by atoms with Gasteiger partial charge in [0.2, 0.25) is 5.91 Å². The summed E-state index contributed by atoms with van der Waals surface area (Å²) in [5, 5.41) is 10.7. The summed E-state index contributed by atoms with van der Waals surface area (Å²) in [7, 11) is 0. The van der Waals surface area contributed by atoms with Crippen LogP contribution in [0.25, 0.3) is 0 Å². The maximum absolute atomic E-state index is 12.9. The Hall–Kier alpha value is -4.33. The van der Waals surface area contributed by atoms with Crippen molar-refractivity contribution in [3.05, 3.63) is 101 Å². The van der Waals surface area contributed by atoms with Gasteiger partial charge in [-0.3, -0.25) is 29.4 Å². The van der Waals surface area contributed by atoms with Crippen molar-refractivity contribution in [3.8, 4) is 0 Å². The molecule has 0 aliphatic heterocycles. The number of hydrogen-bond acceptors (Lipinski definition) is 6. The topological polar surface area (TPSA) is 107 Å². The highest BCUT2D eigenvalue weighted by Gasteiger charge is 2.20. The van der Waals surface area contributed by atoms with E-state index in [1.165, 1.54) is 29.2 Å². The molecule has 3 aromatic rings. The summed E-state index contributed by atoms with van der Waals surface area (Å²) in [5.41, 5.74) is 1.40. The summed E-state index contributed by atoms with van der Waals surface area (Å²) in [6.07, 6.45) is -0.295. The summed E-state index contributed by atoms with van der Waals surface area (Å²) >= 11 is 0. The monoisotopic (exact) mass is 432 g/mol. The number of carbonyl (C=O) groups excluding carboxylic acids is 3. The second-order valence-electron chi connectivity index (χ2n) is 6.79. The quantitative estimate of drug-likeness (QED) is 0.214. The lowest BCUT2D eigenvalue weighted by Gasteiger charge is -2.23. The molecule has 8 heteroatoms. The standard InChI is InChI=1S/C24H20N2O6/c27-22(18-11-13-21(14-12-18)26(30)31)17-32-24(29)16-15-23(28)25(19-7-3-1-4-8-19)20-9-5-2-6-10-20/h1-14H,15-17H2. The molecule has 162 valence electrons. The lowest BCUT2D eigenvalue weighted by molar-refractivity contribution is -0.384. The Kier molecular flexibility index (Phi) is 7.42. The zero-order chi connectivity index (χ0) is 22.9. The van der Waals surface area contributed by atoms with E-state index >= 15 is 0 Å². The third kappa shape index (κ3) is 5.85. The van der Waals surface area contributed by atoms with Crippen molar-refractivity contribution < 1.29 is 24.0 Å². The van der Waals surface area contributed by atoms with E-state index < -0.39 is 23.3 Å². The number of ether oxygens (including phenoxy) is 1. The highest BCUT2D eigenvalue weighted by Crippen LogP contribution is 2.26. The van der Waals surface area contributed by atoms with Gasteiger partial charge in [-0.25, -0.2) is 0 Å². The maximum atomic E-state index is 12.9. The number of esters is 1. The van der Waals surface area contributed by atoms with Crippen molar-refractivity contribution in [3.63, 3.8) is 0 Å². The van der Waals surface area contributed by atoms with Crippen molar-refractivity contribution in [2.75, 3.05) is 11.5 Å². The number of anilines is 2. The van der Waals surface area contributed by atoms with Gasteiger partial charge in [-0.15, -0.1) is 0 Å². The van der Waals surface area contributed by atoms with E-state index in [2.05, 4.69) is 0 Å². The Morgan fingerprint density at radius 3 is 1.81 bits per heavy atom. The zero-order valence-corrected chi connectivity index (χ0v) is 17.0. The van der Waals surface area contributed by atoms with Gasteiger partial charge < -0.3 is 4.74 Å². The van der Waals surface area contributed by atoms with Gasteiger partial charge in [0.25, 0.3) is 5.69 Å². The number of carbonyl (C=O) groups is 3. The highest BCUT2D eigenvalue weighted by molar-refractivity contribution is 6.02. The van der Waals surface area contributed by atoms with Crippen LogP contribution in [-0.4, -0.2) is 29.2 Å². The van der Waals surface area contributed by atoms with Crippen molar-refractivity contribution in [1.82, 2.24) is 0 Å². The van der Waals surface area contributed by atoms with Crippen LogP contribution in [-0.2, 0) is 14.3 Å². The number of rotatable bonds is 9. The molecule has 0 heterocycles. The van der Waals surface area contributed by atoms with E-state index in [1.807, 2.05) is 36.4 Å². The maximum Gasteiger partial charge on any atom is 0.306 e. The molecule has 3 aromatic carbocycles. The molecule has 3 rings (SSSR count). The molecule has 1 amide bonds. The number of benzene rings is 3. The SMILES string of the molecule is O=C(CCC(=O)N(c1ccccc1)c1ccccc1)OCC(=O)c1ccc([N+](=O)[O-])cc1. The third-order valence-corrected chi connectivity index (χ3v) is 4.59. The van der Waals surface area contributed by atoms with Crippen LogP contribution in [0.4, 0.5) is 17.1 Å². The van der Waals surface area contributed by atoms with Crippen LogP contribution in [0.1, 0.15) is 23.2 Å².